The highest BCUT2D eigenvalue weighted by Crippen LogP contribution is 2.52. The molecule has 5 nitrogen and oxygen atoms in total. The molecule has 28 heavy (non-hydrogen) atoms. The van der Waals surface area contributed by atoms with Crippen LogP contribution in [0.15, 0.2) is 34.7 Å². The van der Waals surface area contributed by atoms with E-state index < -0.39 is 0 Å². The molecule has 1 aromatic carbocycles. The molecule has 4 rings (SSSR count). The first-order chi connectivity index (χ1) is 13.4. The summed E-state index contributed by atoms with van der Waals surface area (Å²) in [6.07, 6.45) is 3.41. The Hall–Kier alpha value is -2.56. The molecule has 0 unspecified atom stereocenters. The van der Waals surface area contributed by atoms with Crippen LogP contribution in [0.1, 0.15) is 64.6 Å². The third kappa shape index (κ3) is 3.13. The van der Waals surface area contributed by atoms with Crippen molar-refractivity contribution >= 4 is 11.8 Å². The number of benzene rings is 1. The van der Waals surface area contributed by atoms with E-state index in [1.165, 1.54) is 11.1 Å². The smallest absolute Gasteiger partial charge is 0.257 e. The molecule has 1 aromatic heterocycles. The summed E-state index contributed by atoms with van der Waals surface area (Å²) in [5.41, 5.74) is 3.45. The van der Waals surface area contributed by atoms with Crippen LogP contribution in [0, 0.1) is 13.8 Å². The van der Waals surface area contributed by atoms with Crippen LogP contribution >= 0.6 is 0 Å². The molecule has 148 valence electrons. The number of carbonyl (C=O) groups excluding carboxylic acids is 2. The zero-order valence-electron chi connectivity index (χ0n) is 16.9. The van der Waals surface area contributed by atoms with Crippen molar-refractivity contribution in [1.82, 2.24) is 10.2 Å². The minimum Gasteiger partial charge on any atom is -0.466 e. The molecule has 2 aromatic rings. The molecule has 2 amide bonds. The highest BCUT2D eigenvalue weighted by molar-refractivity contribution is 5.95. The number of fused-ring (bicyclic) bond motifs is 2. The first-order valence-corrected chi connectivity index (χ1v) is 10.1. The zero-order valence-corrected chi connectivity index (χ0v) is 16.9. The number of piperidine rings is 1. The van der Waals surface area contributed by atoms with Gasteiger partial charge in [-0.2, -0.15) is 0 Å². The normalized spacial score (nSPS) is 20.2. The summed E-state index contributed by atoms with van der Waals surface area (Å²) in [7, 11) is 1.70. The fourth-order valence-electron chi connectivity index (χ4n) is 5.16. The van der Waals surface area contributed by atoms with Crippen LogP contribution < -0.4 is 5.32 Å². The van der Waals surface area contributed by atoms with Crippen LogP contribution in [0.5, 0.6) is 0 Å². The Kier molecular flexibility index (Phi) is 4.77. The van der Waals surface area contributed by atoms with Crippen LogP contribution in [0.3, 0.4) is 0 Å². The number of carbonyl (C=O) groups is 2. The molecule has 0 radical (unpaired) electrons. The molecule has 0 saturated carbocycles. The van der Waals surface area contributed by atoms with Gasteiger partial charge in [-0.05, 0) is 61.6 Å². The van der Waals surface area contributed by atoms with Crippen LogP contribution in [0.25, 0.3) is 0 Å². The Balaban J connectivity index is 1.53. The molecule has 1 fully saturated rings. The van der Waals surface area contributed by atoms with Crippen molar-refractivity contribution < 1.29 is 14.0 Å². The van der Waals surface area contributed by atoms with Gasteiger partial charge in [-0.25, -0.2) is 0 Å². The molecule has 1 aliphatic carbocycles. The Morgan fingerprint density at radius 3 is 2.57 bits per heavy atom. The van der Waals surface area contributed by atoms with E-state index in [9.17, 15) is 9.59 Å². The van der Waals surface area contributed by atoms with Gasteiger partial charge in [0.05, 0.1) is 5.56 Å². The average molecular weight is 380 g/mol. The maximum Gasteiger partial charge on any atom is 0.257 e. The monoisotopic (exact) mass is 380 g/mol. The lowest BCUT2D eigenvalue weighted by Crippen LogP contribution is -2.44. The number of nitrogens with zero attached hydrogens (tertiary/aromatic N) is 1. The molecule has 1 N–H and O–H groups in total. The van der Waals surface area contributed by atoms with Crippen LogP contribution in [0.4, 0.5) is 0 Å². The van der Waals surface area contributed by atoms with E-state index in [2.05, 4.69) is 29.6 Å². The molecule has 1 aliphatic heterocycles. The number of furan rings is 1. The quantitative estimate of drug-likeness (QED) is 0.883. The largest absolute Gasteiger partial charge is 0.466 e. The molecular weight excluding hydrogens is 352 g/mol. The van der Waals surface area contributed by atoms with Crippen LogP contribution in [0.2, 0.25) is 0 Å². The zero-order chi connectivity index (χ0) is 19.9. The fourth-order valence-corrected chi connectivity index (χ4v) is 5.16. The van der Waals surface area contributed by atoms with Crippen molar-refractivity contribution in [2.45, 2.75) is 50.9 Å². The second-order valence-electron chi connectivity index (χ2n) is 8.27. The van der Waals surface area contributed by atoms with Gasteiger partial charge in [0.1, 0.15) is 11.5 Å². The van der Waals surface area contributed by atoms with Crippen LogP contribution in [-0.4, -0.2) is 36.9 Å². The van der Waals surface area contributed by atoms with Crippen LogP contribution in [-0.2, 0) is 10.2 Å². The Morgan fingerprint density at radius 1 is 1.21 bits per heavy atom. The molecule has 2 heterocycles. The molecular formula is C23H28N2O3. The third-order valence-electron chi connectivity index (χ3n) is 6.60. The summed E-state index contributed by atoms with van der Waals surface area (Å²) in [4.78, 5) is 26.9. The first kappa shape index (κ1) is 18.8. The number of amides is 2. The summed E-state index contributed by atoms with van der Waals surface area (Å²) in [5, 5.41) is 2.76. The van der Waals surface area contributed by atoms with E-state index >= 15 is 0 Å². The Morgan fingerprint density at radius 2 is 1.93 bits per heavy atom. The molecule has 5 heteroatoms. The van der Waals surface area contributed by atoms with Crippen molar-refractivity contribution in [3.05, 3.63) is 58.5 Å². The third-order valence-corrected chi connectivity index (χ3v) is 6.60. The summed E-state index contributed by atoms with van der Waals surface area (Å²) < 4.78 is 5.54. The van der Waals surface area contributed by atoms with Gasteiger partial charge in [0.2, 0.25) is 5.91 Å². The van der Waals surface area contributed by atoms with Crippen molar-refractivity contribution in [3.8, 4) is 0 Å². The van der Waals surface area contributed by atoms with Gasteiger partial charge in [-0.3, -0.25) is 9.59 Å². The number of likely N-dealkylation sites (tertiary alicyclic amines) is 1. The van der Waals surface area contributed by atoms with Crippen molar-refractivity contribution in [2.75, 3.05) is 20.1 Å². The summed E-state index contributed by atoms with van der Waals surface area (Å²) >= 11 is 0. The van der Waals surface area contributed by atoms with Gasteiger partial charge in [-0.15, -0.1) is 0 Å². The van der Waals surface area contributed by atoms with Crippen molar-refractivity contribution in [2.24, 2.45) is 0 Å². The molecule has 0 bridgehead atoms. The second-order valence-corrected chi connectivity index (χ2v) is 8.27. The van der Waals surface area contributed by atoms with Gasteiger partial charge in [0.25, 0.3) is 5.91 Å². The Bertz CT molecular complexity index is 906. The van der Waals surface area contributed by atoms with E-state index in [0.29, 0.717) is 17.7 Å². The number of hydrogen-bond acceptors (Lipinski definition) is 3. The maximum atomic E-state index is 12.9. The molecule has 2 aliphatic rings. The highest BCUT2D eigenvalue weighted by atomic mass is 16.3. The van der Waals surface area contributed by atoms with Crippen molar-refractivity contribution in [3.63, 3.8) is 0 Å². The first-order valence-electron chi connectivity index (χ1n) is 10.1. The number of aryl methyl sites for hydroxylation is 2. The van der Waals surface area contributed by atoms with Crippen molar-refractivity contribution in [1.29, 1.82) is 0 Å². The predicted molar refractivity (Wildman–Crippen MR) is 107 cm³/mol. The lowest BCUT2D eigenvalue weighted by molar-refractivity contribution is -0.121. The number of rotatable bonds is 3. The van der Waals surface area contributed by atoms with E-state index in [1.807, 2.05) is 24.8 Å². The maximum absolute atomic E-state index is 12.9. The van der Waals surface area contributed by atoms with E-state index in [1.54, 1.807) is 7.05 Å². The summed E-state index contributed by atoms with van der Waals surface area (Å²) in [6.45, 7) is 5.20. The lowest BCUT2D eigenvalue weighted by Gasteiger charge is -2.40. The van der Waals surface area contributed by atoms with E-state index in [4.69, 9.17) is 4.42 Å². The van der Waals surface area contributed by atoms with Gasteiger partial charge >= 0.3 is 0 Å². The highest BCUT2D eigenvalue weighted by Gasteiger charge is 2.46. The number of hydrogen-bond donors (Lipinski definition) is 1. The Labute approximate surface area is 166 Å². The van der Waals surface area contributed by atoms with Gasteiger partial charge in [-0.1, -0.05) is 24.3 Å². The second kappa shape index (κ2) is 7.12. The van der Waals surface area contributed by atoms with Gasteiger partial charge in [0, 0.05) is 26.6 Å². The predicted octanol–water partition coefficient (Wildman–Crippen LogP) is 3.69. The molecule has 1 atom stereocenters. The minimum absolute atomic E-state index is 0.0670. The van der Waals surface area contributed by atoms with E-state index in [-0.39, 0.29) is 23.1 Å². The summed E-state index contributed by atoms with van der Waals surface area (Å²) in [5.74, 6) is 1.89. The topological polar surface area (TPSA) is 62.6 Å². The SMILES string of the molecule is CNC(=O)C[C@H]1CC2(CCN(C(=O)c3cc(C)oc3C)CC2)c2ccccc21. The molecule has 1 spiro atoms. The molecule has 1 saturated heterocycles. The minimum atomic E-state index is 0.0670. The standard InChI is InChI=1S/C23H28N2O3/c1-15-12-19(16(2)28-15)22(27)25-10-8-23(9-11-25)14-17(13-21(26)24-3)18-6-4-5-7-20(18)23/h4-7,12,17H,8-11,13-14H2,1-3H3,(H,24,26)/t17-/m0/s1. The number of nitrogens with one attached hydrogen (secondary N) is 1. The average Bonchev–Trinajstić information content (AvgIpc) is 3.19. The fraction of sp³-hybridized carbons (Fsp3) is 0.478. The summed E-state index contributed by atoms with van der Waals surface area (Å²) in [6, 6.07) is 10.4. The van der Waals surface area contributed by atoms with E-state index in [0.717, 1.165) is 38.1 Å². The lowest BCUT2D eigenvalue weighted by atomic mass is 9.73. The van der Waals surface area contributed by atoms with Gasteiger partial charge in [0.15, 0.2) is 0 Å². The van der Waals surface area contributed by atoms with Gasteiger partial charge < -0.3 is 14.6 Å².